The Balaban J connectivity index is 1.86. The summed E-state index contributed by atoms with van der Waals surface area (Å²) in [6, 6.07) is 8.32. The molecule has 0 radical (unpaired) electrons. The van der Waals surface area contributed by atoms with E-state index in [1.165, 1.54) is 0 Å². The highest BCUT2D eigenvalue weighted by Crippen LogP contribution is 2.21. The highest BCUT2D eigenvalue weighted by atomic mass is 32.2. The number of hydrogen-bond donors (Lipinski definition) is 2. The first-order valence-corrected chi connectivity index (χ1v) is 9.02. The van der Waals surface area contributed by atoms with Gasteiger partial charge in [-0.1, -0.05) is 12.1 Å². The standard InChI is InChI=1S/C16H19N3O4S/c1-11-3-2-4-13(7-11)24(21,22)18-9-12-8-14(16(17)20)15-10-23-6-5-19(12)15/h2-4,7-8,18H,5-6,9-10H2,1H3,(H2,17,20). The molecule has 8 heteroatoms. The lowest BCUT2D eigenvalue weighted by atomic mass is 10.2. The summed E-state index contributed by atoms with van der Waals surface area (Å²) in [7, 11) is -3.63. The molecule has 7 nitrogen and oxygen atoms in total. The molecule has 1 aromatic carbocycles. The predicted octanol–water partition coefficient (Wildman–Crippen LogP) is 0.904. The first-order valence-electron chi connectivity index (χ1n) is 7.53. The van der Waals surface area contributed by atoms with Crippen LogP contribution in [0, 0.1) is 6.92 Å². The lowest BCUT2D eigenvalue weighted by Gasteiger charge is -2.19. The molecule has 3 N–H and O–H groups in total. The molecule has 1 aromatic heterocycles. The Morgan fingerprint density at radius 3 is 2.88 bits per heavy atom. The smallest absolute Gasteiger partial charge is 0.250 e. The number of nitrogens with zero attached hydrogens (tertiary/aromatic N) is 1. The minimum Gasteiger partial charge on any atom is -0.373 e. The molecule has 0 saturated heterocycles. The number of sulfonamides is 1. The van der Waals surface area contributed by atoms with Crippen LogP contribution in [0.2, 0.25) is 0 Å². The van der Waals surface area contributed by atoms with Crippen molar-refractivity contribution in [3.63, 3.8) is 0 Å². The summed E-state index contributed by atoms with van der Waals surface area (Å²) in [6.45, 7) is 3.28. The van der Waals surface area contributed by atoms with Crippen molar-refractivity contribution in [2.45, 2.75) is 31.5 Å². The molecule has 0 fully saturated rings. The molecule has 128 valence electrons. The molecule has 1 aliphatic rings. The van der Waals surface area contributed by atoms with Crippen molar-refractivity contribution in [1.29, 1.82) is 0 Å². The van der Waals surface area contributed by atoms with Gasteiger partial charge in [0.2, 0.25) is 10.0 Å². The first-order chi connectivity index (χ1) is 11.4. The van der Waals surface area contributed by atoms with E-state index >= 15 is 0 Å². The number of primary amides is 1. The average molecular weight is 349 g/mol. The van der Waals surface area contributed by atoms with E-state index < -0.39 is 15.9 Å². The fourth-order valence-electron chi connectivity index (χ4n) is 2.80. The number of fused-ring (bicyclic) bond motifs is 1. The first kappa shape index (κ1) is 16.7. The summed E-state index contributed by atoms with van der Waals surface area (Å²) in [5, 5.41) is 0. The molecule has 0 saturated carbocycles. The number of hydrogen-bond acceptors (Lipinski definition) is 4. The van der Waals surface area contributed by atoms with Gasteiger partial charge in [-0.3, -0.25) is 4.79 Å². The quantitative estimate of drug-likeness (QED) is 0.837. The van der Waals surface area contributed by atoms with Crippen LogP contribution in [0.15, 0.2) is 35.2 Å². The molecule has 0 atom stereocenters. The molecular weight excluding hydrogens is 330 g/mol. The van der Waals surface area contributed by atoms with Gasteiger partial charge in [-0.05, 0) is 30.7 Å². The van der Waals surface area contributed by atoms with Crippen LogP contribution < -0.4 is 10.5 Å². The molecule has 0 unspecified atom stereocenters. The number of aryl methyl sites for hydroxylation is 1. The molecule has 2 heterocycles. The third kappa shape index (κ3) is 3.21. The van der Waals surface area contributed by atoms with E-state index in [1.54, 1.807) is 24.3 Å². The second-order valence-corrected chi connectivity index (χ2v) is 7.47. The van der Waals surface area contributed by atoms with E-state index in [4.69, 9.17) is 10.5 Å². The second-order valence-electron chi connectivity index (χ2n) is 5.71. The average Bonchev–Trinajstić information content (AvgIpc) is 2.92. The van der Waals surface area contributed by atoms with E-state index in [2.05, 4.69) is 4.72 Å². The maximum Gasteiger partial charge on any atom is 0.250 e. The van der Waals surface area contributed by atoms with Crippen LogP contribution in [-0.4, -0.2) is 25.5 Å². The normalized spacial score (nSPS) is 14.4. The van der Waals surface area contributed by atoms with Crippen LogP contribution in [-0.2, 0) is 34.5 Å². The molecule has 0 bridgehead atoms. The summed E-state index contributed by atoms with van der Waals surface area (Å²) in [5.74, 6) is -0.544. The Labute approximate surface area is 140 Å². The largest absolute Gasteiger partial charge is 0.373 e. The molecule has 1 amide bonds. The summed E-state index contributed by atoms with van der Waals surface area (Å²) < 4.78 is 34.7. The minimum absolute atomic E-state index is 0.0799. The van der Waals surface area contributed by atoms with Crippen LogP contribution in [0.5, 0.6) is 0 Å². The lowest BCUT2D eigenvalue weighted by molar-refractivity contribution is 0.0814. The summed E-state index contributed by atoms with van der Waals surface area (Å²) in [5.41, 5.74) is 8.02. The van der Waals surface area contributed by atoms with Crippen molar-refractivity contribution in [3.05, 3.63) is 52.8 Å². The Morgan fingerprint density at radius 2 is 2.17 bits per heavy atom. The highest BCUT2D eigenvalue weighted by molar-refractivity contribution is 7.89. The Morgan fingerprint density at radius 1 is 1.38 bits per heavy atom. The summed E-state index contributed by atoms with van der Waals surface area (Å²) in [6.07, 6.45) is 0. The van der Waals surface area contributed by atoms with Gasteiger partial charge in [-0.25, -0.2) is 13.1 Å². The number of aromatic nitrogens is 1. The maximum atomic E-state index is 12.4. The number of amides is 1. The molecular formula is C16H19N3O4S. The van der Waals surface area contributed by atoms with Crippen molar-refractivity contribution in [3.8, 4) is 0 Å². The number of rotatable bonds is 5. The van der Waals surface area contributed by atoms with Gasteiger partial charge >= 0.3 is 0 Å². The van der Waals surface area contributed by atoms with Crippen LogP contribution in [0.3, 0.4) is 0 Å². The van der Waals surface area contributed by atoms with Gasteiger partial charge in [-0.2, -0.15) is 0 Å². The van der Waals surface area contributed by atoms with Gasteiger partial charge in [0.05, 0.1) is 35.9 Å². The topological polar surface area (TPSA) is 103 Å². The van der Waals surface area contributed by atoms with Crippen LogP contribution in [0.25, 0.3) is 0 Å². The van der Waals surface area contributed by atoms with E-state index in [0.717, 1.165) is 5.56 Å². The van der Waals surface area contributed by atoms with Crippen LogP contribution in [0.1, 0.15) is 27.3 Å². The van der Waals surface area contributed by atoms with Gasteiger partial charge in [0.25, 0.3) is 5.91 Å². The van der Waals surface area contributed by atoms with E-state index in [9.17, 15) is 13.2 Å². The number of ether oxygens (including phenoxy) is 1. The number of benzene rings is 1. The number of carbonyl (C=O) groups excluding carboxylic acids is 1. The second kappa shape index (κ2) is 6.39. The van der Waals surface area contributed by atoms with E-state index in [-0.39, 0.29) is 11.4 Å². The third-order valence-electron chi connectivity index (χ3n) is 4.00. The molecule has 3 rings (SSSR count). The van der Waals surface area contributed by atoms with Gasteiger partial charge in [0, 0.05) is 12.2 Å². The van der Waals surface area contributed by atoms with Gasteiger partial charge in [0.1, 0.15) is 0 Å². The Bertz CT molecular complexity index is 887. The number of nitrogens with one attached hydrogen (secondary N) is 1. The van der Waals surface area contributed by atoms with Gasteiger partial charge in [-0.15, -0.1) is 0 Å². The van der Waals surface area contributed by atoms with E-state index in [0.29, 0.717) is 36.7 Å². The van der Waals surface area contributed by atoms with Gasteiger partial charge in [0.15, 0.2) is 0 Å². The van der Waals surface area contributed by atoms with Crippen molar-refractivity contribution >= 4 is 15.9 Å². The summed E-state index contributed by atoms with van der Waals surface area (Å²) >= 11 is 0. The third-order valence-corrected chi connectivity index (χ3v) is 5.40. The predicted molar refractivity (Wildman–Crippen MR) is 87.8 cm³/mol. The van der Waals surface area contributed by atoms with Crippen LogP contribution >= 0.6 is 0 Å². The molecule has 2 aromatic rings. The van der Waals surface area contributed by atoms with E-state index in [1.807, 2.05) is 17.6 Å². The molecule has 1 aliphatic heterocycles. The van der Waals surface area contributed by atoms with Crippen LogP contribution in [0.4, 0.5) is 0 Å². The maximum absolute atomic E-state index is 12.4. The Hall–Kier alpha value is -2.16. The number of nitrogens with two attached hydrogens (primary N) is 1. The SMILES string of the molecule is Cc1cccc(S(=O)(=O)NCc2cc(C(N)=O)c3n2CCOC3)c1. The Kier molecular flexibility index (Phi) is 4.44. The fourth-order valence-corrected chi connectivity index (χ4v) is 3.90. The molecule has 24 heavy (non-hydrogen) atoms. The lowest BCUT2D eigenvalue weighted by Crippen LogP contribution is -2.26. The molecule has 0 spiro atoms. The van der Waals surface area contributed by atoms with Gasteiger partial charge < -0.3 is 15.0 Å². The van der Waals surface area contributed by atoms with Crippen molar-refractivity contribution in [2.24, 2.45) is 5.73 Å². The fraction of sp³-hybridized carbons (Fsp3) is 0.312. The monoisotopic (exact) mass is 349 g/mol. The number of carbonyl (C=O) groups is 1. The highest BCUT2D eigenvalue weighted by Gasteiger charge is 2.22. The zero-order chi connectivity index (χ0) is 17.3. The zero-order valence-electron chi connectivity index (χ0n) is 13.3. The zero-order valence-corrected chi connectivity index (χ0v) is 14.1. The molecule has 0 aliphatic carbocycles. The summed E-state index contributed by atoms with van der Waals surface area (Å²) in [4.78, 5) is 11.8. The van der Waals surface area contributed by atoms with Crippen molar-refractivity contribution in [2.75, 3.05) is 6.61 Å². The van der Waals surface area contributed by atoms with Crippen molar-refractivity contribution in [1.82, 2.24) is 9.29 Å². The van der Waals surface area contributed by atoms with Crippen molar-refractivity contribution < 1.29 is 17.9 Å². The minimum atomic E-state index is -3.63.